The summed E-state index contributed by atoms with van der Waals surface area (Å²) < 4.78 is 23.2. The molecule has 0 aliphatic rings. The summed E-state index contributed by atoms with van der Waals surface area (Å²) in [5, 5.41) is 5.57. The number of aromatic nitrogens is 1. The second-order valence-electron chi connectivity index (χ2n) is 3.94. The Morgan fingerprint density at radius 2 is 2.20 bits per heavy atom. The molecule has 0 aliphatic heterocycles. The first-order valence-corrected chi connectivity index (χ1v) is 6.43. The van der Waals surface area contributed by atoms with E-state index in [1.807, 2.05) is 6.92 Å². The molecule has 1 aromatic heterocycles. The van der Waals surface area contributed by atoms with Crippen LogP contribution in [0, 0.1) is 5.82 Å². The van der Waals surface area contributed by atoms with Crippen molar-refractivity contribution in [2.24, 2.45) is 0 Å². The molecule has 2 N–H and O–H groups in total. The molecule has 0 radical (unpaired) electrons. The van der Waals surface area contributed by atoms with Crippen LogP contribution in [0.15, 0.2) is 12.3 Å². The molecule has 0 fully saturated rings. The summed E-state index contributed by atoms with van der Waals surface area (Å²) in [5.74, 6) is -0.567. The Bertz CT molecular complexity index is 429. The molecule has 20 heavy (non-hydrogen) atoms. The summed E-state index contributed by atoms with van der Waals surface area (Å²) in [4.78, 5) is 15.8. The lowest BCUT2D eigenvalue weighted by atomic mass is 10.2. The fraction of sp³-hybridized carbons (Fsp3) is 0.538. The van der Waals surface area contributed by atoms with E-state index in [-0.39, 0.29) is 11.5 Å². The average molecular weight is 285 g/mol. The molecule has 0 bridgehead atoms. The SMILES string of the molecule is CCNc1ncc(F)cc1C(=O)NCCOCCOC. The third-order valence-electron chi connectivity index (χ3n) is 2.41. The number of hydrogen-bond donors (Lipinski definition) is 2. The Balaban J connectivity index is 2.47. The first-order chi connectivity index (χ1) is 9.69. The quantitative estimate of drug-likeness (QED) is 0.663. The molecule has 1 rings (SSSR count). The van der Waals surface area contributed by atoms with Gasteiger partial charge >= 0.3 is 0 Å². The van der Waals surface area contributed by atoms with Crippen LogP contribution in [0.1, 0.15) is 17.3 Å². The van der Waals surface area contributed by atoms with Crippen LogP contribution in [0.5, 0.6) is 0 Å². The van der Waals surface area contributed by atoms with Gasteiger partial charge in [-0.25, -0.2) is 9.37 Å². The van der Waals surface area contributed by atoms with Crippen LogP contribution in [-0.4, -0.2) is 50.9 Å². The maximum absolute atomic E-state index is 13.2. The van der Waals surface area contributed by atoms with Gasteiger partial charge in [0.2, 0.25) is 0 Å². The Labute approximate surface area is 117 Å². The lowest BCUT2D eigenvalue weighted by Gasteiger charge is -2.10. The molecule has 0 unspecified atom stereocenters. The number of anilines is 1. The molecule has 1 heterocycles. The lowest BCUT2D eigenvalue weighted by molar-refractivity contribution is 0.0693. The number of nitrogens with zero attached hydrogens (tertiary/aromatic N) is 1. The van der Waals surface area contributed by atoms with Gasteiger partial charge in [-0.05, 0) is 13.0 Å². The molecule has 0 saturated heterocycles. The molecule has 0 aromatic carbocycles. The lowest BCUT2D eigenvalue weighted by Crippen LogP contribution is -2.28. The van der Waals surface area contributed by atoms with Gasteiger partial charge < -0.3 is 20.1 Å². The van der Waals surface area contributed by atoms with Crippen LogP contribution in [0.25, 0.3) is 0 Å². The Hall–Kier alpha value is -1.73. The molecule has 6 nitrogen and oxygen atoms in total. The van der Waals surface area contributed by atoms with E-state index < -0.39 is 5.82 Å². The predicted octanol–water partition coefficient (Wildman–Crippen LogP) is 1.05. The Kier molecular flexibility index (Phi) is 7.52. The van der Waals surface area contributed by atoms with Crippen LogP contribution < -0.4 is 10.6 Å². The summed E-state index contributed by atoms with van der Waals surface area (Å²) in [6, 6.07) is 1.16. The normalized spacial score (nSPS) is 10.3. The molecule has 7 heteroatoms. The van der Waals surface area contributed by atoms with E-state index in [2.05, 4.69) is 15.6 Å². The number of amides is 1. The number of halogens is 1. The van der Waals surface area contributed by atoms with Crippen molar-refractivity contribution in [3.63, 3.8) is 0 Å². The molecular formula is C13H20FN3O3. The third-order valence-corrected chi connectivity index (χ3v) is 2.41. The molecule has 1 aromatic rings. The number of methoxy groups -OCH3 is 1. The number of ether oxygens (including phenoxy) is 2. The Morgan fingerprint density at radius 3 is 2.90 bits per heavy atom. The van der Waals surface area contributed by atoms with Crippen molar-refractivity contribution in [1.29, 1.82) is 0 Å². The minimum Gasteiger partial charge on any atom is -0.382 e. The van der Waals surface area contributed by atoms with Gasteiger partial charge in [-0.1, -0.05) is 0 Å². The van der Waals surface area contributed by atoms with E-state index in [9.17, 15) is 9.18 Å². The highest BCUT2D eigenvalue weighted by Gasteiger charge is 2.13. The highest BCUT2D eigenvalue weighted by Crippen LogP contribution is 2.13. The van der Waals surface area contributed by atoms with Crippen LogP contribution in [0.3, 0.4) is 0 Å². The predicted molar refractivity (Wildman–Crippen MR) is 73.4 cm³/mol. The van der Waals surface area contributed by atoms with E-state index in [0.717, 1.165) is 12.3 Å². The molecule has 112 valence electrons. The summed E-state index contributed by atoms with van der Waals surface area (Å²) in [6.45, 7) is 4.15. The first kappa shape index (κ1) is 16.3. The standard InChI is InChI=1S/C13H20FN3O3/c1-3-15-12-11(8-10(14)9-17-12)13(18)16-4-5-20-7-6-19-2/h8-9H,3-7H2,1-2H3,(H,15,17)(H,16,18). The monoisotopic (exact) mass is 285 g/mol. The second kappa shape index (κ2) is 9.22. The van der Waals surface area contributed by atoms with Crippen molar-refractivity contribution < 1.29 is 18.7 Å². The number of carbonyl (C=O) groups is 1. The maximum atomic E-state index is 13.2. The van der Waals surface area contributed by atoms with Gasteiger partial charge in [-0.2, -0.15) is 0 Å². The van der Waals surface area contributed by atoms with Crippen molar-refractivity contribution in [2.75, 3.05) is 45.3 Å². The molecule has 1 amide bonds. The highest BCUT2D eigenvalue weighted by molar-refractivity contribution is 5.98. The van der Waals surface area contributed by atoms with Gasteiger partial charge in [0.15, 0.2) is 0 Å². The van der Waals surface area contributed by atoms with Crippen LogP contribution in [-0.2, 0) is 9.47 Å². The van der Waals surface area contributed by atoms with Gasteiger partial charge in [0, 0.05) is 20.2 Å². The fourth-order valence-corrected chi connectivity index (χ4v) is 1.50. The molecule has 0 aliphatic carbocycles. The third kappa shape index (κ3) is 5.50. The van der Waals surface area contributed by atoms with Gasteiger partial charge in [-0.15, -0.1) is 0 Å². The largest absolute Gasteiger partial charge is 0.382 e. The van der Waals surface area contributed by atoms with Crippen molar-refractivity contribution in [1.82, 2.24) is 10.3 Å². The van der Waals surface area contributed by atoms with E-state index in [1.54, 1.807) is 7.11 Å². The van der Waals surface area contributed by atoms with E-state index in [1.165, 1.54) is 0 Å². The fourth-order valence-electron chi connectivity index (χ4n) is 1.50. The molecular weight excluding hydrogens is 265 g/mol. The first-order valence-electron chi connectivity index (χ1n) is 6.43. The zero-order chi connectivity index (χ0) is 14.8. The smallest absolute Gasteiger partial charge is 0.255 e. The molecule has 0 saturated carbocycles. The van der Waals surface area contributed by atoms with Gasteiger partial charge in [0.1, 0.15) is 11.6 Å². The summed E-state index contributed by atoms with van der Waals surface area (Å²) in [7, 11) is 1.59. The van der Waals surface area contributed by atoms with Crippen molar-refractivity contribution in [3.05, 3.63) is 23.6 Å². The van der Waals surface area contributed by atoms with Crippen LogP contribution >= 0.6 is 0 Å². The molecule has 0 spiro atoms. The van der Waals surface area contributed by atoms with Crippen LogP contribution in [0.4, 0.5) is 10.2 Å². The highest BCUT2D eigenvalue weighted by atomic mass is 19.1. The summed E-state index contributed by atoms with van der Waals surface area (Å²) in [5.41, 5.74) is 0.184. The topological polar surface area (TPSA) is 72.5 Å². The zero-order valence-electron chi connectivity index (χ0n) is 11.7. The number of carbonyl (C=O) groups excluding carboxylic acids is 1. The van der Waals surface area contributed by atoms with Crippen molar-refractivity contribution >= 4 is 11.7 Å². The minimum absolute atomic E-state index is 0.184. The maximum Gasteiger partial charge on any atom is 0.255 e. The minimum atomic E-state index is -0.548. The Morgan fingerprint density at radius 1 is 1.40 bits per heavy atom. The number of nitrogens with one attached hydrogen (secondary N) is 2. The summed E-state index contributed by atoms with van der Waals surface area (Å²) >= 11 is 0. The average Bonchev–Trinajstić information content (AvgIpc) is 2.44. The van der Waals surface area contributed by atoms with Gasteiger partial charge in [0.25, 0.3) is 5.91 Å². The summed E-state index contributed by atoms with van der Waals surface area (Å²) in [6.07, 6.45) is 1.07. The van der Waals surface area contributed by atoms with Crippen LogP contribution in [0.2, 0.25) is 0 Å². The molecule has 0 atom stereocenters. The second-order valence-corrected chi connectivity index (χ2v) is 3.94. The number of pyridine rings is 1. The van der Waals surface area contributed by atoms with Gasteiger partial charge in [-0.3, -0.25) is 4.79 Å². The zero-order valence-corrected chi connectivity index (χ0v) is 11.7. The van der Waals surface area contributed by atoms with Crippen molar-refractivity contribution in [3.8, 4) is 0 Å². The van der Waals surface area contributed by atoms with E-state index in [4.69, 9.17) is 9.47 Å². The van der Waals surface area contributed by atoms with E-state index in [0.29, 0.717) is 38.7 Å². The number of hydrogen-bond acceptors (Lipinski definition) is 5. The van der Waals surface area contributed by atoms with E-state index >= 15 is 0 Å². The van der Waals surface area contributed by atoms with Crippen molar-refractivity contribution in [2.45, 2.75) is 6.92 Å². The number of rotatable bonds is 9. The van der Waals surface area contributed by atoms with Gasteiger partial charge in [0.05, 0.1) is 31.6 Å².